The van der Waals surface area contributed by atoms with E-state index >= 15 is 0 Å². The van der Waals surface area contributed by atoms with E-state index in [1.165, 1.54) is 0 Å². The van der Waals surface area contributed by atoms with Crippen LogP contribution in [0, 0.1) is 11.8 Å². The maximum Gasteiger partial charge on any atom is 0.322 e. The summed E-state index contributed by atoms with van der Waals surface area (Å²) in [6.45, 7) is 4.30. The zero-order chi connectivity index (χ0) is 10.1. The van der Waals surface area contributed by atoms with E-state index in [1.54, 1.807) is 6.08 Å². The van der Waals surface area contributed by atoms with Gasteiger partial charge in [-0.2, -0.15) is 8.78 Å². The van der Waals surface area contributed by atoms with Crippen LogP contribution in [0.3, 0.4) is 0 Å². The molecule has 0 N–H and O–H groups in total. The van der Waals surface area contributed by atoms with Gasteiger partial charge in [-0.1, -0.05) is 19.9 Å². The standard InChI is InChI=1S/C10H15BrF2/c1-7(2)8-3-5-9(6-4-8)10(11,12)13/h5,7-8H,3-4,6H2,1-2H3. The summed E-state index contributed by atoms with van der Waals surface area (Å²) in [4.78, 5) is -2.78. The van der Waals surface area contributed by atoms with Gasteiger partial charge < -0.3 is 0 Å². The van der Waals surface area contributed by atoms with E-state index in [1.807, 2.05) is 0 Å². The van der Waals surface area contributed by atoms with Crippen molar-refractivity contribution < 1.29 is 8.78 Å². The molecule has 0 fully saturated rings. The molecule has 0 saturated heterocycles. The molecule has 0 bridgehead atoms. The van der Waals surface area contributed by atoms with Gasteiger partial charge in [-0.3, -0.25) is 0 Å². The third kappa shape index (κ3) is 3.04. The molecule has 3 heteroatoms. The minimum absolute atomic E-state index is 0.254. The normalized spacial score (nSPS) is 24.8. The van der Waals surface area contributed by atoms with E-state index in [9.17, 15) is 8.78 Å². The molecule has 1 atom stereocenters. The van der Waals surface area contributed by atoms with Crippen LogP contribution in [0.25, 0.3) is 0 Å². The summed E-state index contributed by atoms with van der Waals surface area (Å²) in [5.41, 5.74) is 0.254. The minimum atomic E-state index is -2.78. The van der Waals surface area contributed by atoms with Gasteiger partial charge in [0.05, 0.1) is 0 Å². The quantitative estimate of drug-likeness (QED) is 0.506. The SMILES string of the molecule is CC(C)C1CC=C(C(F)(F)Br)CC1. The fourth-order valence-electron chi connectivity index (χ4n) is 1.72. The summed E-state index contributed by atoms with van der Waals surface area (Å²) in [6, 6.07) is 0. The predicted octanol–water partition coefficient (Wildman–Crippen LogP) is 4.36. The highest BCUT2D eigenvalue weighted by Crippen LogP contribution is 2.39. The van der Waals surface area contributed by atoms with Crippen molar-refractivity contribution in [1.82, 2.24) is 0 Å². The Morgan fingerprint density at radius 3 is 2.46 bits per heavy atom. The number of rotatable bonds is 2. The molecule has 0 spiro atoms. The van der Waals surface area contributed by atoms with Crippen LogP contribution in [-0.2, 0) is 0 Å². The predicted molar refractivity (Wildman–Crippen MR) is 54.1 cm³/mol. The zero-order valence-electron chi connectivity index (χ0n) is 7.99. The molecule has 76 valence electrons. The van der Waals surface area contributed by atoms with Crippen molar-refractivity contribution in [2.75, 3.05) is 0 Å². The molecule has 0 aromatic heterocycles. The van der Waals surface area contributed by atoms with E-state index < -0.39 is 4.83 Å². The lowest BCUT2D eigenvalue weighted by Crippen LogP contribution is -2.18. The Bertz CT molecular complexity index is 203. The van der Waals surface area contributed by atoms with Crippen molar-refractivity contribution in [2.45, 2.75) is 37.9 Å². The van der Waals surface area contributed by atoms with E-state index in [0.29, 0.717) is 18.3 Å². The molecule has 0 aromatic carbocycles. The van der Waals surface area contributed by atoms with Gasteiger partial charge in [0.15, 0.2) is 0 Å². The Balaban J connectivity index is 2.58. The molecule has 0 saturated carbocycles. The Hall–Kier alpha value is 0.0800. The largest absolute Gasteiger partial charge is 0.322 e. The number of alkyl halides is 3. The van der Waals surface area contributed by atoms with Crippen LogP contribution >= 0.6 is 15.9 Å². The Kier molecular flexibility index (Phi) is 3.50. The van der Waals surface area contributed by atoms with Crippen molar-refractivity contribution in [2.24, 2.45) is 11.8 Å². The molecule has 0 amide bonds. The molecule has 0 aliphatic heterocycles. The Morgan fingerprint density at radius 2 is 2.15 bits per heavy atom. The molecule has 0 radical (unpaired) electrons. The second-order valence-corrected chi connectivity index (χ2v) is 5.00. The van der Waals surface area contributed by atoms with E-state index in [2.05, 4.69) is 29.8 Å². The molecule has 1 aliphatic carbocycles. The second kappa shape index (κ2) is 4.07. The summed E-state index contributed by atoms with van der Waals surface area (Å²) in [5, 5.41) is 0. The average Bonchev–Trinajstić information content (AvgIpc) is 2.03. The van der Waals surface area contributed by atoms with Crippen LogP contribution in [0.5, 0.6) is 0 Å². The third-order valence-electron chi connectivity index (χ3n) is 2.76. The first kappa shape index (κ1) is 11.2. The van der Waals surface area contributed by atoms with Crippen LogP contribution in [0.1, 0.15) is 33.1 Å². The second-order valence-electron chi connectivity index (χ2n) is 4.01. The highest BCUT2D eigenvalue weighted by molar-refractivity contribution is 9.10. The molecular weight excluding hydrogens is 238 g/mol. The van der Waals surface area contributed by atoms with Crippen molar-refractivity contribution in [3.8, 4) is 0 Å². The molecule has 0 heterocycles. The molecular formula is C10H15BrF2. The Morgan fingerprint density at radius 1 is 1.54 bits per heavy atom. The Labute approximate surface area is 86.5 Å². The monoisotopic (exact) mass is 252 g/mol. The van der Waals surface area contributed by atoms with Crippen LogP contribution < -0.4 is 0 Å². The van der Waals surface area contributed by atoms with Gasteiger partial charge in [0.25, 0.3) is 0 Å². The first-order valence-electron chi connectivity index (χ1n) is 4.67. The topological polar surface area (TPSA) is 0 Å². The molecule has 0 aromatic rings. The number of halogens is 3. The molecule has 1 aliphatic rings. The fraction of sp³-hybridized carbons (Fsp3) is 0.800. The lowest BCUT2D eigenvalue weighted by atomic mass is 9.82. The van der Waals surface area contributed by atoms with Crippen molar-refractivity contribution in [1.29, 1.82) is 0 Å². The van der Waals surface area contributed by atoms with Gasteiger partial charge in [-0.25, -0.2) is 0 Å². The zero-order valence-corrected chi connectivity index (χ0v) is 9.57. The van der Waals surface area contributed by atoms with E-state index in [-0.39, 0.29) is 5.57 Å². The third-order valence-corrected chi connectivity index (χ3v) is 3.27. The number of hydrogen-bond donors (Lipinski definition) is 0. The lowest BCUT2D eigenvalue weighted by Gasteiger charge is -2.26. The average molecular weight is 253 g/mol. The molecule has 1 rings (SSSR count). The summed E-state index contributed by atoms with van der Waals surface area (Å²) in [7, 11) is 0. The van der Waals surface area contributed by atoms with Crippen LogP contribution in [0.2, 0.25) is 0 Å². The molecule has 0 nitrogen and oxygen atoms in total. The van der Waals surface area contributed by atoms with Crippen molar-refractivity contribution in [3.05, 3.63) is 11.6 Å². The van der Waals surface area contributed by atoms with Gasteiger partial charge >= 0.3 is 4.83 Å². The van der Waals surface area contributed by atoms with Crippen LogP contribution in [0.4, 0.5) is 8.78 Å². The fourth-order valence-corrected chi connectivity index (χ4v) is 2.08. The van der Waals surface area contributed by atoms with E-state index in [0.717, 1.165) is 12.8 Å². The highest BCUT2D eigenvalue weighted by atomic mass is 79.9. The molecule has 13 heavy (non-hydrogen) atoms. The van der Waals surface area contributed by atoms with Gasteiger partial charge in [0.2, 0.25) is 0 Å². The highest BCUT2D eigenvalue weighted by Gasteiger charge is 2.32. The van der Waals surface area contributed by atoms with Crippen molar-refractivity contribution >= 4 is 15.9 Å². The van der Waals surface area contributed by atoms with Gasteiger partial charge in [0.1, 0.15) is 0 Å². The van der Waals surface area contributed by atoms with Crippen molar-refractivity contribution in [3.63, 3.8) is 0 Å². The van der Waals surface area contributed by atoms with Crippen LogP contribution in [0.15, 0.2) is 11.6 Å². The summed E-state index contributed by atoms with van der Waals surface area (Å²) < 4.78 is 25.6. The summed E-state index contributed by atoms with van der Waals surface area (Å²) >= 11 is 2.40. The summed E-state index contributed by atoms with van der Waals surface area (Å²) in [6.07, 6.45) is 3.92. The van der Waals surface area contributed by atoms with E-state index in [4.69, 9.17) is 0 Å². The summed E-state index contributed by atoms with van der Waals surface area (Å²) in [5.74, 6) is 1.18. The lowest BCUT2D eigenvalue weighted by molar-refractivity contribution is 0.145. The maximum absolute atomic E-state index is 12.8. The van der Waals surface area contributed by atoms with Gasteiger partial charge in [0, 0.05) is 5.57 Å². The van der Waals surface area contributed by atoms with Gasteiger partial charge in [-0.15, -0.1) is 0 Å². The number of allylic oxidation sites excluding steroid dienone is 2. The first-order chi connectivity index (χ1) is 5.91. The first-order valence-corrected chi connectivity index (χ1v) is 5.46. The maximum atomic E-state index is 12.8. The molecule has 1 unspecified atom stereocenters. The number of hydrogen-bond acceptors (Lipinski definition) is 0. The minimum Gasteiger partial charge on any atom is -0.189 e. The van der Waals surface area contributed by atoms with Gasteiger partial charge in [-0.05, 0) is 47.0 Å². The smallest absolute Gasteiger partial charge is 0.189 e. The van der Waals surface area contributed by atoms with Crippen LogP contribution in [-0.4, -0.2) is 4.83 Å².